The lowest BCUT2D eigenvalue weighted by Crippen LogP contribution is -2.11. The molecule has 0 saturated heterocycles. The molecule has 18 rings (SSSR count). The van der Waals surface area contributed by atoms with Crippen LogP contribution in [0.3, 0.4) is 0 Å². The van der Waals surface area contributed by atoms with E-state index < -0.39 is 57.3 Å². The molecule has 12 heterocycles. The zero-order valence-corrected chi connectivity index (χ0v) is 75.9. The molecule has 135 heavy (non-hydrogen) atoms. The summed E-state index contributed by atoms with van der Waals surface area (Å²) in [6.07, 6.45) is 28.4. The minimum Gasteiger partial charge on any atom is -0.496 e. The average Bonchev–Trinajstić information content (AvgIpc) is 1.73. The summed E-state index contributed by atoms with van der Waals surface area (Å²) in [5.74, 6) is -6.50. The minimum absolute atomic E-state index is 0.00928. The number of carbonyl (C=O) groups is 6. The van der Waals surface area contributed by atoms with E-state index in [4.69, 9.17) is 21.1 Å². The van der Waals surface area contributed by atoms with Gasteiger partial charge in [-0.1, -0.05) is 158 Å². The van der Waals surface area contributed by atoms with Gasteiger partial charge in [-0.15, -0.1) is 0 Å². The third-order valence-electron chi connectivity index (χ3n) is 22.9. The van der Waals surface area contributed by atoms with Gasteiger partial charge in [-0.2, -0.15) is 0 Å². The van der Waals surface area contributed by atoms with Crippen LogP contribution in [0.5, 0.6) is 11.5 Å². The highest BCUT2D eigenvalue weighted by molar-refractivity contribution is 7.90. The molecule has 0 aliphatic carbocycles. The van der Waals surface area contributed by atoms with E-state index in [1.807, 2.05) is 116 Å². The van der Waals surface area contributed by atoms with Gasteiger partial charge in [0.2, 0.25) is 0 Å². The Morgan fingerprint density at radius 3 is 1.04 bits per heavy atom. The summed E-state index contributed by atoms with van der Waals surface area (Å²) in [6.45, 7) is 6.20. The molecule has 28 nitrogen and oxygen atoms in total. The fraction of sp³-hybridized carbons (Fsp3) is 0.184. The Labute approximate surface area is 778 Å². The second kappa shape index (κ2) is 44.3. The largest absolute Gasteiger partial charge is 0.496 e. The first-order chi connectivity index (χ1) is 65.0. The number of carboxylic acid groups (broad SMARTS) is 6. The Morgan fingerprint density at radius 2 is 0.674 bits per heavy atom. The van der Waals surface area contributed by atoms with E-state index in [9.17, 15) is 76.6 Å². The predicted molar refractivity (Wildman–Crippen MR) is 506 cm³/mol. The lowest BCUT2D eigenvalue weighted by atomic mass is 9.98. The normalized spacial score (nSPS) is 11.1. The van der Waals surface area contributed by atoms with Crippen LogP contribution in [0, 0.1) is 25.5 Å². The molecular formula is C103H95ClF2N12O16S. The van der Waals surface area contributed by atoms with Gasteiger partial charge in [-0.25, -0.2) is 75.9 Å². The third-order valence-corrected chi connectivity index (χ3v) is 24.4. The van der Waals surface area contributed by atoms with Gasteiger partial charge in [0.05, 0.1) is 19.1 Å². The van der Waals surface area contributed by atoms with Gasteiger partial charge in [-0.3, -0.25) is 26.4 Å². The number of methoxy groups -OCH3 is 2. The van der Waals surface area contributed by atoms with Crippen molar-refractivity contribution in [2.45, 2.75) is 109 Å². The van der Waals surface area contributed by atoms with Crippen LogP contribution in [0.1, 0.15) is 153 Å². The summed E-state index contributed by atoms with van der Waals surface area (Å²) in [5.41, 5.74) is 18.3. The fourth-order valence-corrected chi connectivity index (χ4v) is 17.1. The number of benzene rings is 6. The van der Waals surface area contributed by atoms with Crippen LogP contribution in [0.4, 0.5) is 8.78 Å². The number of aromatic carboxylic acids is 6. The van der Waals surface area contributed by atoms with E-state index in [0.29, 0.717) is 113 Å². The number of rotatable bonds is 28. The molecule has 0 unspecified atom stereocenters. The van der Waals surface area contributed by atoms with Crippen LogP contribution >= 0.6 is 11.6 Å². The molecule has 0 radical (unpaired) electrons. The van der Waals surface area contributed by atoms with Crippen molar-refractivity contribution in [3.05, 3.63) is 409 Å². The predicted octanol–water partition coefficient (Wildman–Crippen LogP) is 18.4. The number of hydrogen-bond acceptors (Lipinski definition) is 16. The maximum atomic E-state index is 14.2. The number of sulfone groups is 1. The number of hydrogen-bond donors (Lipinski definition) is 6. The number of nitrogens with zero attached hydrogens (tertiary/aromatic N) is 12. The maximum absolute atomic E-state index is 14.2. The number of fused-ring (bicyclic) bond motifs is 6. The average molecular weight is 1860 g/mol. The van der Waals surface area contributed by atoms with Crippen LogP contribution in [0.15, 0.2) is 279 Å². The summed E-state index contributed by atoms with van der Waals surface area (Å²) in [4.78, 5) is 94.4. The summed E-state index contributed by atoms with van der Waals surface area (Å²) in [7, 11) is -0.298. The molecule has 0 spiro atoms. The van der Waals surface area contributed by atoms with Crippen molar-refractivity contribution < 1.29 is 86.1 Å². The minimum atomic E-state index is -3.26. The molecular weight excluding hydrogens is 1770 g/mol. The number of halogens is 3. The number of imidazole rings is 6. The molecule has 690 valence electrons. The zero-order valence-electron chi connectivity index (χ0n) is 74.3. The number of carboxylic acids is 6. The van der Waals surface area contributed by atoms with Crippen molar-refractivity contribution in [1.82, 2.24) is 56.3 Å². The number of ether oxygens (including phenoxy) is 2. The van der Waals surface area contributed by atoms with Gasteiger partial charge >= 0.3 is 35.8 Å². The second-order valence-electron chi connectivity index (χ2n) is 31.4. The topological polar surface area (TPSA) is 380 Å². The standard InChI is InChI=1S/C18H18N2O3.C18H18N2O2.C17H14F2N2O3.C17H16N2O4S.C17H16N2O2.C16H13ClN2O2/c1-12-4-3-5-14(17(12)23-2)7-6-13-8-9-15-19-10-11-20(15)16(13)18(21)22;1-2-13-5-3-4-6-14(13)7-8-15-9-10-16-19-11-12-20(16)17(15)18(21)22;1-24-13-6-5-12(18)11(15(13)19)4-2-10-3-7-14-20-8-9-21(14)16(10)17(22)23;1-24(22,23)14-4-2-3-12(11-14)5-6-13-7-8-15-18-9-10-19(15)16(13)17(20)21;1-12-2-4-13(5-3-12)6-7-14-8-9-15-18-10-11-19(15)16(14)17(20)21;17-13-4-2-1-3-11(13)5-6-12-7-8-14-18-9-10-19(14)15(12)16(20)21/h3-5,8-11H,6-7H2,1-2H3,(H,21,22);3-6,9-12H,2,7-8H2,1H3,(H,21,22);3,5-9H,2,4H2,1H3,(H,22,23);2-4,7-11H,5-6H2,1H3,(H,20,21);2-5,8-11H,6-7H2,1H3,(H,20,21);1-4,7-10H,5-6H2,(H,20,21). The lowest BCUT2D eigenvalue weighted by molar-refractivity contribution is 0.0676. The monoisotopic (exact) mass is 1860 g/mol. The first-order valence-electron chi connectivity index (χ1n) is 42.9. The Bertz CT molecular complexity index is 7510. The van der Waals surface area contributed by atoms with Crippen molar-refractivity contribution in [2.24, 2.45) is 0 Å². The molecule has 6 N–H and O–H groups in total. The highest BCUT2D eigenvalue weighted by atomic mass is 35.5. The van der Waals surface area contributed by atoms with E-state index in [0.717, 1.165) is 75.6 Å². The summed E-state index contributed by atoms with van der Waals surface area (Å²) < 4.78 is 71.2. The maximum Gasteiger partial charge on any atom is 0.353 e. The Morgan fingerprint density at radius 1 is 0.348 bits per heavy atom. The van der Waals surface area contributed by atoms with Crippen LogP contribution in [0.2, 0.25) is 5.02 Å². The molecule has 12 aromatic heterocycles. The van der Waals surface area contributed by atoms with Crippen molar-refractivity contribution in [3.63, 3.8) is 0 Å². The van der Waals surface area contributed by atoms with Crippen molar-refractivity contribution in [1.29, 1.82) is 0 Å². The highest BCUT2D eigenvalue weighted by Crippen LogP contribution is 2.30. The summed E-state index contributed by atoms with van der Waals surface area (Å²) >= 11 is 6.14. The van der Waals surface area contributed by atoms with E-state index in [-0.39, 0.29) is 51.8 Å². The van der Waals surface area contributed by atoms with Crippen LogP contribution in [0.25, 0.3) is 33.9 Å². The Kier molecular flexibility index (Phi) is 31.7. The quantitative estimate of drug-likeness (QED) is 0.0265. The van der Waals surface area contributed by atoms with Gasteiger partial charge in [0.1, 0.15) is 79.6 Å². The number of aromatic nitrogens is 12. The van der Waals surface area contributed by atoms with E-state index >= 15 is 0 Å². The van der Waals surface area contributed by atoms with Crippen LogP contribution in [-0.4, -0.2) is 152 Å². The molecule has 0 atom stereocenters. The second-order valence-corrected chi connectivity index (χ2v) is 33.9. The smallest absolute Gasteiger partial charge is 0.353 e. The molecule has 0 aliphatic rings. The van der Waals surface area contributed by atoms with Crippen LogP contribution in [-0.2, 0) is 93.3 Å². The van der Waals surface area contributed by atoms with Crippen LogP contribution < -0.4 is 9.47 Å². The van der Waals surface area contributed by atoms with Crippen molar-refractivity contribution >= 4 is 91.1 Å². The first kappa shape index (κ1) is 96.5. The molecule has 6 aromatic carbocycles. The van der Waals surface area contributed by atoms with Crippen molar-refractivity contribution in [3.8, 4) is 11.5 Å². The van der Waals surface area contributed by atoms with Gasteiger partial charge < -0.3 is 40.1 Å². The lowest BCUT2D eigenvalue weighted by Gasteiger charge is -2.12. The molecule has 32 heteroatoms. The fourth-order valence-electron chi connectivity index (χ4n) is 16.2. The number of para-hydroxylation sites is 1. The summed E-state index contributed by atoms with van der Waals surface area (Å²) in [5, 5.41) is 57.7. The zero-order chi connectivity index (χ0) is 96.1. The van der Waals surface area contributed by atoms with Gasteiger partial charge in [0.25, 0.3) is 0 Å². The molecule has 0 saturated carbocycles. The first-order valence-corrected chi connectivity index (χ1v) is 45.2. The van der Waals surface area contributed by atoms with Gasteiger partial charge in [0, 0.05) is 91.2 Å². The van der Waals surface area contributed by atoms with Gasteiger partial charge in [0.15, 0.2) is 21.4 Å². The summed E-state index contributed by atoms with van der Waals surface area (Å²) in [6, 6.07) is 61.0. The Hall–Kier alpha value is -16.0. The SMILES string of the molecule is CCc1ccccc1CCc1ccc2nccn2c1C(=O)O.COc1c(C)cccc1CCc1ccc2nccn2c1C(=O)O.COc1ccc(F)c(CCc2ccc3nccn3c2C(=O)O)c1F.CS(=O)(=O)c1cccc(CCc2ccc3nccn3c2C(=O)O)c1.Cc1ccc(CCc2ccc3nccn3c2C(=O)O)cc1.O=C(O)c1c(CCc2ccccc2Cl)ccc2nccn12. The molecule has 0 aliphatic heterocycles. The van der Waals surface area contributed by atoms with Crippen molar-refractivity contribution in [2.75, 3.05) is 20.5 Å². The van der Waals surface area contributed by atoms with E-state index in [2.05, 4.69) is 80.1 Å². The molecule has 18 aromatic rings. The molecule has 0 bridgehead atoms. The number of pyridine rings is 6. The molecule has 0 amide bonds. The van der Waals surface area contributed by atoms with Gasteiger partial charge in [-0.05, 0) is 236 Å². The Balaban J connectivity index is 0.000000137. The highest BCUT2D eigenvalue weighted by Gasteiger charge is 2.24. The third kappa shape index (κ3) is 23.3. The van der Waals surface area contributed by atoms with E-state index in [1.54, 1.807) is 134 Å². The van der Waals surface area contributed by atoms with E-state index in [1.165, 1.54) is 58.5 Å². The number of aryl methyl sites for hydroxylation is 14. The molecule has 0 fully saturated rings.